The molecule has 162 valence electrons. The molecule has 2 aromatic carbocycles. The molecule has 6 heteroatoms. The number of hydrogen-bond acceptors (Lipinski definition) is 4. The van der Waals surface area contributed by atoms with Crippen LogP contribution in [-0.2, 0) is 11.8 Å². The van der Waals surface area contributed by atoms with Gasteiger partial charge in [-0.25, -0.2) is 4.98 Å². The molecule has 0 unspecified atom stereocenters. The second kappa shape index (κ2) is 11.5. The van der Waals surface area contributed by atoms with Crippen LogP contribution in [0.4, 0.5) is 0 Å². The van der Waals surface area contributed by atoms with Crippen molar-refractivity contribution in [2.24, 2.45) is 7.05 Å². The number of nitrogens with zero attached hydrogens (tertiary/aromatic N) is 2. The normalized spacial score (nSPS) is 10.9. The van der Waals surface area contributed by atoms with Crippen molar-refractivity contribution in [1.82, 2.24) is 14.9 Å². The monoisotopic (exact) mass is 435 g/mol. The van der Waals surface area contributed by atoms with E-state index in [1.165, 1.54) is 29.0 Å². The molecule has 0 fully saturated rings. The number of aryl methyl sites for hydroxylation is 1. The SMILES string of the molecule is Cc1cc(=O)n(C)c(SCCCC(=O)NCCC(c2ccccc2)c2ccccc2)n1. The van der Waals surface area contributed by atoms with Crippen LogP contribution < -0.4 is 10.9 Å². The first-order chi connectivity index (χ1) is 15.0. The lowest BCUT2D eigenvalue weighted by molar-refractivity contribution is -0.121. The summed E-state index contributed by atoms with van der Waals surface area (Å²) in [5.74, 6) is 1.06. The van der Waals surface area contributed by atoms with Crippen LogP contribution in [0.3, 0.4) is 0 Å². The average molecular weight is 436 g/mol. The number of amides is 1. The summed E-state index contributed by atoms with van der Waals surface area (Å²) in [6.07, 6.45) is 2.05. The highest BCUT2D eigenvalue weighted by Crippen LogP contribution is 2.27. The van der Waals surface area contributed by atoms with E-state index in [0.717, 1.165) is 24.3 Å². The van der Waals surface area contributed by atoms with Gasteiger partial charge >= 0.3 is 0 Å². The Balaban J connectivity index is 1.45. The van der Waals surface area contributed by atoms with Crippen molar-refractivity contribution in [2.45, 2.75) is 37.3 Å². The second-order valence-electron chi connectivity index (χ2n) is 7.54. The van der Waals surface area contributed by atoms with Gasteiger partial charge in [-0.05, 0) is 30.9 Å². The molecule has 1 heterocycles. The Morgan fingerprint density at radius 3 is 2.29 bits per heavy atom. The maximum absolute atomic E-state index is 12.3. The van der Waals surface area contributed by atoms with Gasteiger partial charge in [0.05, 0.1) is 0 Å². The number of carbonyl (C=O) groups is 1. The fraction of sp³-hybridized carbons (Fsp3) is 0.320. The topological polar surface area (TPSA) is 64.0 Å². The minimum absolute atomic E-state index is 0.0564. The Hall–Kier alpha value is -2.86. The van der Waals surface area contributed by atoms with E-state index in [2.05, 4.69) is 58.8 Å². The van der Waals surface area contributed by atoms with Crippen molar-refractivity contribution < 1.29 is 4.79 Å². The highest BCUT2D eigenvalue weighted by atomic mass is 32.2. The van der Waals surface area contributed by atoms with Crippen LogP contribution in [0.5, 0.6) is 0 Å². The molecule has 3 rings (SSSR count). The molecule has 0 radical (unpaired) electrons. The average Bonchev–Trinajstić information content (AvgIpc) is 2.78. The summed E-state index contributed by atoms with van der Waals surface area (Å²) in [4.78, 5) is 28.5. The van der Waals surface area contributed by atoms with Crippen molar-refractivity contribution in [3.63, 3.8) is 0 Å². The highest BCUT2D eigenvalue weighted by Gasteiger charge is 2.14. The summed E-state index contributed by atoms with van der Waals surface area (Å²) < 4.78 is 1.55. The number of thioether (sulfide) groups is 1. The van der Waals surface area contributed by atoms with Crippen molar-refractivity contribution in [2.75, 3.05) is 12.3 Å². The van der Waals surface area contributed by atoms with Crippen LogP contribution in [0.15, 0.2) is 76.7 Å². The first kappa shape index (κ1) is 22.8. The van der Waals surface area contributed by atoms with Crippen molar-refractivity contribution in [1.29, 1.82) is 0 Å². The van der Waals surface area contributed by atoms with Crippen molar-refractivity contribution in [3.05, 3.63) is 93.9 Å². The first-order valence-corrected chi connectivity index (χ1v) is 11.6. The Morgan fingerprint density at radius 2 is 1.68 bits per heavy atom. The zero-order valence-electron chi connectivity index (χ0n) is 18.1. The van der Waals surface area contributed by atoms with Gasteiger partial charge in [0.2, 0.25) is 5.91 Å². The van der Waals surface area contributed by atoms with Crippen molar-refractivity contribution in [3.8, 4) is 0 Å². The Kier molecular flexibility index (Phi) is 8.47. The maximum atomic E-state index is 12.3. The number of carbonyl (C=O) groups excluding carboxylic acids is 1. The van der Waals surface area contributed by atoms with Gasteiger partial charge in [0.25, 0.3) is 5.56 Å². The number of rotatable bonds is 10. The van der Waals surface area contributed by atoms with Crippen LogP contribution in [-0.4, -0.2) is 27.8 Å². The van der Waals surface area contributed by atoms with Gasteiger partial charge in [-0.15, -0.1) is 0 Å². The van der Waals surface area contributed by atoms with E-state index in [4.69, 9.17) is 0 Å². The number of nitrogens with one attached hydrogen (secondary N) is 1. The summed E-state index contributed by atoms with van der Waals surface area (Å²) in [5.41, 5.74) is 3.18. The zero-order chi connectivity index (χ0) is 22.1. The standard InChI is InChI=1S/C25H29N3O2S/c1-19-18-24(30)28(2)25(27-19)31-17-9-14-23(29)26-16-15-22(20-10-5-3-6-11-20)21-12-7-4-8-13-21/h3-8,10-13,18,22H,9,14-17H2,1-2H3,(H,26,29). The molecule has 0 spiro atoms. The number of aromatic nitrogens is 2. The van der Waals surface area contributed by atoms with E-state index >= 15 is 0 Å². The van der Waals surface area contributed by atoms with Gasteiger partial charge in [-0.2, -0.15) is 0 Å². The second-order valence-corrected chi connectivity index (χ2v) is 8.60. The molecule has 0 aliphatic rings. The largest absolute Gasteiger partial charge is 0.356 e. The predicted molar refractivity (Wildman–Crippen MR) is 127 cm³/mol. The molecular formula is C25H29N3O2S. The molecule has 1 aromatic heterocycles. The van der Waals surface area contributed by atoms with E-state index in [-0.39, 0.29) is 17.4 Å². The van der Waals surface area contributed by atoms with E-state index in [0.29, 0.717) is 18.1 Å². The van der Waals surface area contributed by atoms with Gasteiger partial charge < -0.3 is 5.32 Å². The predicted octanol–water partition coefficient (Wildman–Crippen LogP) is 4.30. The fourth-order valence-corrected chi connectivity index (χ4v) is 4.46. The van der Waals surface area contributed by atoms with E-state index in [9.17, 15) is 9.59 Å². The van der Waals surface area contributed by atoms with Gasteiger partial charge in [-0.3, -0.25) is 14.2 Å². The fourth-order valence-electron chi connectivity index (χ4n) is 3.49. The Morgan fingerprint density at radius 1 is 1.06 bits per heavy atom. The van der Waals surface area contributed by atoms with Gasteiger partial charge in [0.1, 0.15) is 0 Å². The minimum Gasteiger partial charge on any atom is -0.356 e. The summed E-state index contributed by atoms with van der Waals surface area (Å²) >= 11 is 1.51. The van der Waals surface area contributed by atoms with Crippen LogP contribution in [0.25, 0.3) is 0 Å². The quantitative estimate of drug-likeness (QED) is 0.293. The third-order valence-corrected chi connectivity index (χ3v) is 6.28. The summed E-state index contributed by atoms with van der Waals surface area (Å²) in [7, 11) is 1.72. The van der Waals surface area contributed by atoms with Gasteiger partial charge in [0, 0.05) is 43.4 Å². The highest BCUT2D eigenvalue weighted by molar-refractivity contribution is 7.99. The molecule has 3 aromatic rings. The molecule has 0 aliphatic heterocycles. The van der Waals surface area contributed by atoms with Crippen LogP contribution in [0, 0.1) is 6.92 Å². The zero-order valence-corrected chi connectivity index (χ0v) is 18.9. The third-order valence-electron chi connectivity index (χ3n) is 5.16. The van der Waals surface area contributed by atoms with Gasteiger partial charge in [-0.1, -0.05) is 72.4 Å². The molecule has 0 saturated carbocycles. The smallest absolute Gasteiger partial charge is 0.254 e. The maximum Gasteiger partial charge on any atom is 0.254 e. The lowest BCUT2D eigenvalue weighted by Crippen LogP contribution is -2.25. The molecule has 0 bridgehead atoms. The molecule has 0 atom stereocenters. The molecule has 0 aliphatic carbocycles. The van der Waals surface area contributed by atoms with E-state index in [1.807, 2.05) is 19.1 Å². The Bertz CT molecular complexity index is 996. The summed E-state index contributed by atoms with van der Waals surface area (Å²) in [5, 5.41) is 3.76. The van der Waals surface area contributed by atoms with Crippen LogP contribution in [0.2, 0.25) is 0 Å². The van der Waals surface area contributed by atoms with Crippen LogP contribution >= 0.6 is 11.8 Å². The molecule has 31 heavy (non-hydrogen) atoms. The lowest BCUT2D eigenvalue weighted by atomic mass is 9.88. The molecule has 0 saturated heterocycles. The minimum atomic E-state index is -0.0564. The number of benzene rings is 2. The number of hydrogen-bond donors (Lipinski definition) is 1. The first-order valence-electron chi connectivity index (χ1n) is 10.6. The molecule has 1 N–H and O–H groups in total. The van der Waals surface area contributed by atoms with E-state index < -0.39 is 0 Å². The summed E-state index contributed by atoms with van der Waals surface area (Å²) in [6, 6.07) is 22.4. The van der Waals surface area contributed by atoms with Crippen LogP contribution in [0.1, 0.15) is 42.0 Å². The lowest BCUT2D eigenvalue weighted by Gasteiger charge is -2.18. The third kappa shape index (κ3) is 6.82. The Labute approximate surface area is 187 Å². The molecule has 1 amide bonds. The molecular weight excluding hydrogens is 406 g/mol. The van der Waals surface area contributed by atoms with Crippen molar-refractivity contribution >= 4 is 17.7 Å². The molecule has 5 nitrogen and oxygen atoms in total. The van der Waals surface area contributed by atoms with E-state index in [1.54, 1.807) is 11.6 Å². The summed E-state index contributed by atoms with van der Waals surface area (Å²) in [6.45, 7) is 2.45. The van der Waals surface area contributed by atoms with Gasteiger partial charge in [0.15, 0.2) is 5.16 Å².